The average Bonchev–Trinajstić information content (AvgIpc) is 2.86. The van der Waals surface area contributed by atoms with Crippen LogP contribution in [-0.4, -0.2) is 19.3 Å². The van der Waals surface area contributed by atoms with E-state index in [1.54, 1.807) is 0 Å². The molecular weight excluding hydrogens is 290 g/mol. The average molecular weight is 312 g/mol. The highest BCUT2D eigenvalue weighted by Gasteiger charge is 2.14. The minimum absolute atomic E-state index is 0.529. The van der Waals surface area contributed by atoms with E-state index in [1.165, 1.54) is 41.3 Å². The van der Waals surface area contributed by atoms with Crippen LogP contribution < -0.4 is 5.32 Å². The summed E-state index contributed by atoms with van der Waals surface area (Å²) in [5.74, 6) is 0. The normalized spacial score (nSPS) is 16.3. The van der Waals surface area contributed by atoms with Crippen molar-refractivity contribution in [3.05, 3.63) is 33.8 Å². The fourth-order valence-electron chi connectivity index (χ4n) is 2.40. The highest BCUT2D eigenvalue weighted by molar-refractivity contribution is 9.10. The Labute approximate surface area is 118 Å². The lowest BCUT2D eigenvalue weighted by Gasteiger charge is -2.11. The molecule has 0 atom stereocenters. The summed E-state index contributed by atoms with van der Waals surface area (Å²) >= 11 is 3.52. The summed E-state index contributed by atoms with van der Waals surface area (Å²) in [4.78, 5) is 0. The molecule has 0 amide bonds. The summed E-state index contributed by atoms with van der Waals surface area (Å²) < 4.78 is 6.99. The quantitative estimate of drug-likeness (QED) is 0.807. The second-order valence-corrected chi connectivity index (χ2v) is 5.89. The van der Waals surface area contributed by atoms with Crippen LogP contribution in [0.15, 0.2) is 22.7 Å². The van der Waals surface area contributed by atoms with E-state index < -0.39 is 0 Å². The molecule has 2 rings (SSSR count). The van der Waals surface area contributed by atoms with Gasteiger partial charge in [-0.2, -0.15) is 0 Å². The van der Waals surface area contributed by atoms with E-state index in [2.05, 4.69) is 46.4 Å². The minimum atomic E-state index is 0.529. The highest BCUT2D eigenvalue weighted by Crippen LogP contribution is 2.20. The van der Waals surface area contributed by atoms with Crippen molar-refractivity contribution in [1.29, 1.82) is 0 Å². The highest BCUT2D eigenvalue weighted by atomic mass is 79.9. The number of hydrogen-bond donors (Lipinski definition) is 1. The smallest absolute Gasteiger partial charge is 0.0594 e. The van der Waals surface area contributed by atoms with E-state index in [-0.39, 0.29) is 0 Å². The first-order valence-electron chi connectivity index (χ1n) is 6.83. The molecule has 0 aromatic heterocycles. The molecule has 0 saturated heterocycles. The maximum Gasteiger partial charge on any atom is 0.0594 e. The number of ether oxygens (including phenoxy) is 1. The van der Waals surface area contributed by atoms with Gasteiger partial charge in [0.15, 0.2) is 0 Å². The van der Waals surface area contributed by atoms with Gasteiger partial charge in [-0.25, -0.2) is 0 Å². The molecule has 1 N–H and O–H groups in total. The summed E-state index contributed by atoms with van der Waals surface area (Å²) in [6, 6.07) is 6.48. The van der Waals surface area contributed by atoms with Gasteiger partial charge in [-0.1, -0.05) is 40.9 Å². The Hall–Kier alpha value is -0.380. The zero-order valence-corrected chi connectivity index (χ0v) is 12.6. The van der Waals surface area contributed by atoms with Gasteiger partial charge >= 0.3 is 0 Å². The van der Waals surface area contributed by atoms with Gasteiger partial charge in [0.2, 0.25) is 0 Å². The van der Waals surface area contributed by atoms with Gasteiger partial charge in [0, 0.05) is 17.6 Å². The Bertz CT molecular complexity index is 375. The molecular formula is C15H22BrNO. The summed E-state index contributed by atoms with van der Waals surface area (Å²) in [7, 11) is 0. The Morgan fingerprint density at radius 3 is 2.83 bits per heavy atom. The molecule has 1 aromatic rings. The van der Waals surface area contributed by atoms with Crippen molar-refractivity contribution in [3.63, 3.8) is 0 Å². The predicted molar refractivity (Wildman–Crippen MR) is 78.8 cm³/mol. The van der Waals surface area contributed by atoms with Gasteiger partial charge in [0.1, 0.15) is 0 Å². The molecule has 0 heterocycles. The van der Waals surface area contributed by atoms with Crippen LogP contribution >= 0.6 is 15.9 Å². The predicted octanol–water partition coefficient (Wildman–Crippen LogP) is 3.81. The molecule has 1 saturated carbocycles. The van der Waals surface area contributed by atoms with Gasteiger partial charge < -0.3 is 10.1 Å². The fourth-order valence-corrected chi connectivity index (χ4v) is 2.65. The molecule has 2 nitrogen and oxygen atoms in total. The summed E-state index contributed by atoms with van der Waals surface area (Å²) in [5.41, 5.74) is 2.62. The van der Waals surface area contributed by atoms with E-state index in [9.17, 15) is 0 Å². The molecule has 1 aliphatic rings. The molecule has 0 radical (unpaired) electrons. The largest absolute Gasteiger partial charge is 0.377 e. The van der Waals surface area contributed by atoms with E-state index >= 15 is 0 Å². The molecule has 1 fully saturated rings. The second kappa shape index (κ2) is 7.27. The van der Waals surface area contributed by atoms with Gasteiger partial charge in [0.05, 0.1) is 12.7 Å². The van der Waals surface area contributed by atoms with Crippen molar-refractivity contribution >= 4 is 15.9 Å². The number of rotatable bonds is 6. The summed E-state index contributed by atoms with van der Waals surface area (Å²) in [6.07, 6.45) is 5.73. The third-order valence-electron chi connectivity index (χ3n) is 3.49. The van der Waals surface area contributed by atoms with Gasteiger partial charge in [-0.05, 0) is 37.0 Å². The van der Waals surface area contributed by atoms with Crippen LogP contribution in [0.1, 0.15) is 36.8 Å². The number of nitrogens with one attached hydrogen (secondary N) is 1. The van der Waals surface area contributed by atoms with Crippen molar-refractivity contribution in [2.45, 2.75) is 45.3 Å². The van der Waals surface area contributed by atoms with Crippen LogP contribution in [0.3, 0.4) is 0 Å². The lowest BCUT2D eigenvalue weighted by molar-refractivity contribution is 0.0603. The molecule has 0 unspecified atom stereocenters. The van der Waals surface area contributed by atoms with E-state index in [1.807, 2.05) is 0 Å². The Balaban J connectivity index is 1.61. The molecule has 3 heteroatoms. The van der Waals surface area contributed by atoms with Crippen LogP contribution in [0.4, 0.5) is 0 Å². The van der Waals surface area contributed by atoms with Crippen molar-refractivity contribution < 1.29 is 4.74 Å². The van der Waals surface area contributed by atoms with Crippen LogP contribution in [0.2, 0.25) is 0 Å². The molecule has 0 aliphatic heterocycles. The van der Waals surface area contributed by atoms with E-state index in [0.717, 1.165) is 19.7 Å². The van der Waals surface area contributed by atoms with Crippen LogP contribution in [0.25, 0.3) is 0 Å². The topological polar surface area (TPSA) is 21.3 Å². The molecule has 1 aliphatic carbocycles. The monoisotopic (exact) mass is 311 g/mol. The zero-order valence-electron chi connectivity index (χ0n) is 11.0. The lowest BCUT2D eigenvalue weighted by Crippen LogP contribution is -2.21. The molecule has 1 aromatic carbocycles. The Morgan fingerprint density at radius 1 is 1.33 bits per heavy atom. The zero-order chi connectivity index (χ0) is 12.8. The lowest BCUT2D eigenvalue weighted by atomic mass is 10.1. The first kappa shape index (κ1) is 14.0. The summed E-state index contributed by atoms with van der Waals surface area (Å²) in [5, 5.41) is 3.43. The van der Waals surface area contributed by atoms with Crippen molar-refractivity contribution in [2.75, 3.05) is 13.2 Å². The van der Waals surface area contributed by atoms with Crippen LogP contribution in [0.5, 0.6) is 0 Å². The van der Waals surface area contributed by atoms with Crippen LogP contribution in [0, 0.1) is 6.92 Å². The maximum atomic E-state index is 5.81. The van der Waals surface area contributed by atoms with Gasteiger partial charge in [-0.15, -0.1) is 0 Å². The van der Waals surface area contributed by atoms with Crippen molar-refractivity contribution in [2.24, 2.45) is 0 Å². The standard InChI is InChI=1S/C15H22BrNO/c1-12-10-13(6-7-15(12)16)11-17-8-9-18-14-4-2-3-5-14/h6-7,10,14,17H,2-5,8-9,11H2,1H3. The summed E-state index contributed by atoms with van der Waals surface area (Å²) in [6.45, 7) is 4.81. The Kier molecular flexibility index (Phi) is 5.67. The second-order valence-electron chi connectivity index (χ2n) is 5.04. The van der Waals surface area contributed by atoms with Crippen molar-refractivity contribution in [1.82, 2.24) is 5.32 Å². The van der Waals surface area contributed by atoms with E-state index in [4.69, 9.17) is 4.74 Å². The third-order valence-corrected chi connectivity index (χ3v) is 4.38. The van der Waals surface area contributed by atoms with Gasteiger partial charge in [-0.3, -0.25) is 0 Å². The van der Waals surface area contributed by atoms with E-state index in [0.29, 0.717) is 6.10 Å². The maximum absolute atomic E-state index is 5.81. The third kappa shape index (κ3) is 4.38. The fraction of sp³-hybridized carbons (Fsp3) is 0.600. The molecule has 18 heavy (non-hydrogen) atoms. The molecule has 100 valence electrons. The SMILES string of the molecule is Cc1cc(CNCCOC2CCCC2)ccc1Br. The molecule has 0 bridgehead atoms. The molecule has 0 spiro atoms. The van der Waals surface area contributed by atoms with Gasteiger partial charge in [0.25, 0.3) is 0 Å². The first-order chi connectivity index (χ1) is 8.75. The number of halogens is 1. The Morgan fingerprint density at radius 2 is 2.11 bits per heavy atom. The number of benzene rings is 1. The van der Waals surface area contributed by atoms with Crippen LogP contribution in [-0.2, 0) is 11.3 Å². The number of aryl methyl sites for hydroxylation is 1. The minimum Gasteiger partial charge on any atom is -0.377 e. The first-order valence-corrected chi connectivity index (χ1v) is 7.62. The number of hydrogen-bond acceptors (Lipinski definition) is 2. The van der Waals surface area contributed by atoms with Crippen molar-refractivity contribution in [3.8, 4) is 0 Å².